The summed E-state index contributed by atoms with van der Waals surface area (Å²) in [6, 6.07) is 5.86. The zero-order valence-electron chi connectivity index (χ0n) is 16.6. The van der Waals surface area contributed by atoms with Crippen molar-refractivity contribution in [1.29, 1.82) is 0 Å². The van der Waals surface area contributed by atoms with E-state index in [1.165, 1.54) is 0 Å². The smallest absolute Gasteiger partial charge is 0.219 e. The summed E-state index contributed by atoms with van der Waals surface area (Å²) >= 11 is 0. The number of likely N-dealkylation sites (tertiary alicyclic amines) is 2. The molecular weight excluding hydrogens is 344 g/mol. The molecular formula is C21H30N2O4. The first-order valence-electron chi connectivity index (χ1n) is 9.79. The number of hydrogen-bond acceptors (Lipinski definition) is 5. The molecule has 2 aliphatic rings. The average molecular weight is 374 g/mol. The van der Waals surface area contributed by atoms with E-state index in [0.29, 0.717) is 23.1 Å². The van der Waals surface area contributed by atoms with Crippen LogP contribution in [0.2, 0.25) is 0 Å². The highest BCUT2D eigenvalue weighted by atomic mass is 16.5. The normalized spacial score (nSPS) is 21.7. The molecule has 2 heterocycles. The number of Topliss-reactive ketones (excluding diaryl/α,β-unsaturated/α-hetero) is 1. The van der Waals surface area contributed by atoms with Gasteiger partial charge in [0.2, 0.25) is 5.91 Å². The number of hydrogen-bond donors (Lipinski definition) is 0. The summed E-state index contributed by atoms with van der Waals surface area (Å²) in [5.74, 6) is 1.57. The Morgan fingerprint density at radius 2 is 1.78 bits per heavy atom. The van der Waals surface area contributed by atoms with Crippen molar-refractivity contribution in [1.82, 2.24) is 9.80 Å². The molecule has 0 bridgehead atoms. The van der Waals surface area contributed by atoms with Gasteiger partial charge in [-0.15, -0.1) is 0 Å². The van der Waals surface area contributed by atoms with E-state index >= 15 is 0 Å². The molecule has 6 nitrogen and oxygen atoms in total. The molecule has 1 unspecified atom stereocenters. The lowest BCUT2D eigenvalue weighted by atomic mass is 9.88. The fourth-order valence-electron chi connectivity index (χ4n) is 4.32. The predicted molar refractivity (Wildman–Crippen MR) is 103 cm³/mol. The molecule has 1 amide bonds. The van der Waals surface area contributed by atoms with Crippen LogP contribution < -0.4 is 9.47 Å². The van der Waals surface area contributed by atoms with Crippen molar-refractivity contribution in [3.8, 4) is 11.5 Å². The average Bonchev–Trinajstić information content (AvgIpc) is 2.72. The van der Waals surface area contributed by atoms with Crippen molar-refractivity contribution in [2.75, 3.05) is 40.4 Å². The van der Waals surface area contributed by atoms with Crippen LogP contribution in [0, 0.1) is 5.92 Å². The largest absolute Gasteiger partial charge is 0.497 e. The van der Waals surface area contributed by atoms with Gasteiger partial charge in [0.1, 0.15) is 11.5 Å². The summed E-state index contributed by atoms with van der Waals surface area (Å²) < 4.78 is 10.7. The zero-order chi connectivity index (χ0) is 19.4. The van der Waals surface area contributed by atoms with Crippen LogP contribution in [0.25, 0.3) is 0 Å². The predicted octanol–water partition coefficient (Wildman–Crippen LogP) is 2.61. The Balaban J connectivity index is 1.66. The zero-order valence-corrected chi connectivity index (χ0v) is 16.6. The van der Waals surface area contributed by atoms with Crippen LogP contribution in [0.3, 0.4) is 0 Å². The van der Waals surface area contributed by atoms with Crippen molar-refractivity contribution in [2.24, 2.45) is 5.92 Å². The minimum Gasteiger partial charge on any atom is -0.497 e. The number of nitrogens with zero attached hydrogens (tertiary/aromatic N) is 2. The standard InChI is InChI=1S/C21H30N2O4/c1-15(24)22-11-8-17(9-12-22)23-10-4-5-16(14-23)21(25)19-7-6-18(26-2)13-20(19)27-3/h6-7,13,16-17H,4-5,8-12,14H2,1-3H3. The summed E-state index contributed by atoms with van der Waals surface area (Å²) in [4.78, 5) is 29.1. The first-order valence-corrected chi connectivity index (χ1v) is 9.79. The monoisotopic (exact) mass is 374 g/mol. The number of ketones is 1. The Morgan fingerprint density at radius 3 is 2.41 bits per heavy atom. The Labute approximate surface area is 161 Å². The highest BCUT2D eigenvalue weighted by Crippen LogP contribution is 2.31. The molecule has 6 heteroatoms. The Hall–Kier alpha value is -2.08. The molecule has 2 fully saturated rings. The Bertz CT molecular complexity index is 683. The van der Waals surface area contributed by atoms with E-state index < -0.39 is 0 Å². The van der Waals surface area contributed by atoms with Gasteiger partial charge in [-0.2, -0.15) is 0 Å². The number of amides is 1. The van der Waals surface area contributed by atoms with Crippen LogP contribution in [-0.4, -0.2) is 67.9 Å². The highest BCUT2D eigenvalue weighted by molar-refractivity contribution is 6.00. The summed E-state index contributed by atoms with van der Waals surface area (Å²) in [5.41, 5.74) is 0.636. The molecule has 2 saturated heterocycles. The lowest BCUT2D eigenvalue weighted by Crippen LogP contribution is -2.50. The molecule has 0 spiro atoms. The van der Waals surface area contributed by atoms with Gasteiger partial charge in [-0.1, -0.05) is 0 Å². The minimum atomic E-state index is -0.00752. The number of benzene rings is 1. The van der Waals surface area contributed by atoms with E-state index in [-0.39, 0.29) is 17.6 Å². The fraction of sp³-hybridized carbons (Fsp3) is 0.619. The van der Waals surface area contributed by atoms with Gasteiger partial charge < -0.3 is 14.4 Å². The van der Waals surface area contributed by atoms with Crippen LogP contribution in [0.1, 0.15) is 43.0 Å². The highest BCUT2D eigenvalue weighted by Gasteiger charge is 2.33. The second-order valence-corrected chi connectivity index (χ2v) is 7.50. The van der Waals surface area contributed by atoms with Gasteiger partial charge in [0.25, 0.3) is 0 Å². The Morgan fingerprint density at radius 1 is 1.04 bits per heavy atom. The molecule has 1 aromatic rings. The van der Waals surface area contributed by atoms with Gasteiger partial charge in [-0.3, -0.25) is 14.5 Å². The first-order chi connectivity index (χ1) is 13.0. The molecule has 0 aromatic heterocycles. The fourth-order valence-corrected chi connectivity index (χ4v) is 4.32. The molecule has 27 heavy (non-hydrogen) atoms. The van der Waals surface area contributed by atoms with Crippen molar-refractivity contribution in [2.45, 2.75) is 38.6 Å². The van der Waals surface area contributed by atoms with E-state index in [2.05, 4.69) is 4.90 Å². The number of ether oxygens (including phenoxy) is 2. The molecule has 0 radical (unpaired) electrons. The molecule has 0 aliphatic carbocycles. The van der Waals surface area contributed by atoms with Crippen molar-refractivity contribution >= 4 is 11.7 Å². The van der Waals surface area contributed by atoms with E-state index in [0.717, 1.165) is 51.9 Å². The lowest BCUT2D eigenvalue weighted by molar-refractivity contribution is -0.130. The number of carbonyl (C=O) groups excluding carboxylic acids is 2. The van der Waals surface area contributed by atoms with Crippen LogP contribution in [0.4, 0.5) is 0 Å². The van der Waals surface area contributed by atoms with Gasteiger partial charge in [0.05, 0.1) is 19.8 Å². The molecule has 1 aromatic carbocycles. The quantitative estimate of drug-likeness (QED) is 0.742. The first kappa shape index (κ1) is 19.7. The minimum absolute atomic E-state index is 0.00752. The van der Waals surface area contributed by atoms with Gasteiger partial charge >= 0.3 is 0 Å². The maximum atomic E-state index is 13.1. The van der Waals surface area contributed by atoms with Crippen LogP contribution in [0.5, 0.6) is 11.5 Å². The molecule has 0 saturated carbocycles. The van der Waals surface area contributed by atoms with Gasteiger partial charge in [0.15, 0.2) is 5.78 Å². The third kappa shape index (κ3) is 4.43. The van der Waals surface area contributed by atoms with Crippen molar-refractivity contribution < 1.29 is 19.1 Å². The third-order valence-corrected chi connectivity index (χ3v) is 5.92. The molecule has 2 aliphatic heterocycles. The van der Waals surface area contributed by atoms with Gasteiger partial charge in [-0.25, -0.2) is 0 Å². The number of piperidine rings is 2. The SMILES string of the molecule is COc1ccc(C(=O)C2CCCN(C3CCN(C(C)=O)CC3)C2)c(OC)c1. The van der Waals surface area contributed by atoms with Crippen molar-refractivity contribution in [3.63, 3.8) is 0 Å². The maximum absolute atomic E-state index is 13.1. The molecule has 148 valence electrons. The van der Waals surface area contributed by atoms with Crippen LogP contribution in [0.15, 0.2) is 18.2 Å². The van der Waals surface area contributed by atoms with E-state index in [1.54, 1.807) is 27.2 Å². The van der Waals surface area contributed by atoms with E-state index in [9.17, 15) is 9.59 Å². The topological polar surface area (TPSA) is 59.1 Å². The number of carbonyl (C=O) groups is 2. The van der Waals surface area contributed by atoms with Crippen molar-refractivity contribution in [3.05, 3.63) is 23.8 Å². The summed E-state index contributed by atoms with van der Waals surface area (Å²) in [7, 11) is 3.19. The van der Waals surface area contributed by atoms with Gasteiger partial charge in [0, 0.05) is 44.6 Å². The summed E-state index contributed by atoms with van der Waals surface area (Å²) in [5, 5.41) is 0. The maximum Gasteiger partial charge on any atom is 0.219 e. The Kier molecular flexibility index (Phi) is 6.37. The van der Waals surface area contributed by atoms with Crippen LogP contribution >= 0.6 is 0 Å². The third-order valence-electron chi connectivity index (χ3n) is 5.92. The summed E-state index contributed by atoms with van der Waals surface area (Å²) in [6.07, 6.45) is 3.93. The number of methoxy groups -OCH3 is 2. The second kappa shape index (κ2) is 8.74. The molecule has 1 atom stereocenters. The van der Waals surface area contributed by atoms with Crippen LogP contribution in [-0.2, 0) is 4.79 Å². The second-order valence-electron chi connectivity index (χ2n) is 7.50. The van der Waals surface area contributed by atoms with E-state index in [1.807, 2.05) is 17.0 Å². The number of rotatable bonds is 5. The van der Waals surface area contributed by atoms with E-state index in [4.69, 9.17) is 9.47 Å². The van der Waals surface area contributed by atoms with Gasteiger partial charge in [-0.05, 0) is 44.4 Å². The summed E-state index contributed by atoms with van der Waals surface area (Å²) in [6.45, 7) is 5.11. The molecule has 0 N–H and O–H groups in total. The molecule has 3 rings (SSSR count). The lowest BCUT2D eigenvalue weighted by Gasteiger charge is -2.42.